The molecule has 3 heteroatoms. The Balaban J connectivity index is 1.76. The largest absolute Gasteiger partial charge is 0.396 e. The number of nitrogens with one attached hydrogen (secondary N) is 2. The van der Waals surface area contributed by atoms with Crippen molar-refractivity contribution in [2.45, 2.75) is 31.2 Å². The van der Waals surface area contributed by atoms with Crippen molar-refractivity contribution in [1.82, 2.24) is 10.3 Å². The van der Waals surface area contributed by atoms with Gasteiger partial charge < -0.3 is 15.4 Å². The Labute approximate surface area is 113 Å². The van der Waals surface area contributed by atoms with Gasteiger partial charge in [-0.2, -0.15) is 0 Å². The summed E-state index contributed by atoms with van der Waals surface area (Å²) in [6, 6.07) is 7.20. The molecule has 1 aromatic carbocycles. The standard InChI is InChI=1S/C16H20N2O/c19-5-4-10-6-13-12-2-1-3-14-16(12)11(9-18-14)7-15(13)17-8-10/h1-3,9-10,13,15,17-19H,4-8H2/t10?,13?,15-/m1/s1. The summed E-state index contributed by atoms with van der Waals surface area (Å²) in [7, 11) is 0. The Morgan fingerprint density at radius 3 is 3.16 bits per heavy atom. The number of piperidine rings is 1. The summed E-state index contributed by atoms with van der Waals surface area (Å²) in [4.78, 5) is 3.40. The van der Waals surface area contributed by atoms with Crippen LogP contribution in [0.1, 0.15) is 29.9 Å². The molecule has 0 amide bonds. The van der Waals surface area contributed by atoms with E-state index in [9.17, 15) is 0 Å². The third kappa shape index (κ3) is 1.72. The third-order valence-electron chi connectivity index (χ3n) is 4.94. The van der Waals surface area contributed by atoms with Crippen LogP contribution in [0.5, 0.6) is 0 Å². The first-order chi connectivity index (χ1) is 9.36. The molecule has 3 atom stereocenters. The summed E-state index contributed by atoms with van der Waals surface area (Å²) in [5.41, 5.74) is 4.23. The zero-order valence-electron chi connectivity index (χ0n) is 11.0. The number of H-pyrrole nitrogens is 1. The fourth-order valence-corrected chi connectivity index (χ4v) is 4.02. The second-order valence-electron chi connectivity index (χ2n) is 6.02. The van der Waals surface area contributed by atoms with Crippen LogP contribution >= 0.6 is 0 Å². The number of hydrogen-bond acceptors (Lipinski definition) is 2. The third-order valence-corrected chi connectivity index (χ3v) is 4.94. The summed E-state index contributed by atoms with van der Waals surface area (Å²) >= 11 is 0. The predicted molar refractivity (Wildman–Crippen MR) is 76.3 cm³/mol. The average Bonchev–Trinajstić information content (AvgIpc) is 2.85. The first-order valence-corrected chi connectivity index (χ1v) is 7.30. The molecule has 1 saturated heterocycles. The molecule has 1 aliphatic carbocycles. The van der Waals surface area contributed by atoms with Crippen molar-refractivity contribution < 1.29 is 5.11 Å². The van der Waals surface area contributed by atoms with Crippen LogP contribution in [-0.4, -0.2) is 29.3 Å². The van der Waals surface area contributed by atoms with Gasteiger partial charge in [0.15, 0.2) is 0 Å². The van der Waals surface area contributed by atoms with Crippen LogP contribution in [0.4, 0.5) is 0 Å². The molecule has 19 heavy (non-hydrogen) atoms. The monoisotopic (exact) mass is 256 g/mol. The SMILES string of the molecule is OCCC1CN[C@@H]2Cc3c[nH]c4cccc(c34)C2C1. The summed E-state index contributed by atoms with van der Waals surface area (Å²) < 4.78 is 0. The van der Waals surface area contributed by atoms with Gasteiger partial charge in [-0.25, -0.2) is 0 Å². The van der Waals surface area contributed by atoms with Crippen molar-refractivity contribution in [3.8, 4) is 0 Å². The van der Waals surface area contributed by atoms with Crippen LogP contribution in [0.3, 0.4) is 0 Å². The maximum Gasteiger partial charge on any atom is 0.0459 e. The molecule has 2 aliphatic rings. The lowest BCUT2D eigenvalue weighted by Crippen LogP contribution is -2.46. The summed E-state index contributed by atoms with van der Waals surface area (Å²) in [6.45, 7) is 1.36. The van der Waals surface area contributed by atoms with Gasteiger partial charge in [-0.1, -0.05) is 12.1 Å². The summed E-state index contributed by atoms with van der Waals surface area (Å²) in [5.74, 6) is 1.22. The van der Waals surface area contributed by atoms with Crippen molar-refractivity contribution in [3.05, 3.63) is 35.5 Å². The van der Waals surface area contributed by atoms with E-state index in [1.165, 1.54) is 28.5 Å². The van der Waals surface area contributed by atoms with Crippen LogP contribution in [0.25, 0.3) is 10.9 Å². The van der Waals surface area contributed by atoms with Gasteiger partial charge in [-0.15, -0.1) is 0 Å². The molecule has 2 aromatic rings. The molecule has 2 unspecified atom stereocenters. The number of benzene rings is 1. The number of hydrogen-bond donors (Lipinski definition) is 3. The van der Waals surface area contributed by atoms with E-state index in [2.05, 4.69) is 34.7 Å². The Hall–Kier alpha value is -1.32. The molecular weight excluding hydrogens is 236 g/mol. The van der Waals surface area contributed by atoms with Crippen LogP contribution in [-0.2, 0) is 6.42 Å². The first kappa shape index (κ1) is 11.5. The molecule has 1 fully saturated rings. The molecule has 0 spiro atoms. The van der Waals surface area contributed by atoms with E-state index < -0.39 is 0 Å². The van der Waals surface area contributed by atoms with Gasteiger partial charge in [0.25, 0.3) is 0 Å². The van der Waals surface area contributed by atoms with E-state index in [0.29, 0.717) is 24.5 Å². The van der Waals surface area contributed by atoms with Gasteiger partial charge in [0, 0.05) is 35.7 Å². The number of aliphatic hydroxyl groups excluding tert-OH is 1. The number of aromatic nitrogens is 1. The quantitative estimate of drug-likeness (QED) is 0.771. The maximum atomic E-state index is 9.16. The summed E-state index contributed by atoms with van der Waals surface area (Å²) in [5, 5.41) is 14.3. The normalized spacial score (nSPS) is 29.4. The lowest BCUT2D eigenvalue weighted by atomic mass is 9.73. The minimum absolute atomic E-state index is 0.309. The van der Waals surface area contributed by atoms with Gasteiger partial charge in [-0.05, 0) is 48.9 Å². The van der Waals surface area contributed by atoms with Crippen LogP contribution < -0.4 is 5.32 Å². The van der Waals surface area contributed by atoms with Crippen molar-refractivity contribution in [1.29, 1.82) is 0 Å². The number of aliphatic hydroxyl groups is 1. The zero-order chi connectivity index (χ0) is 12.8. The van der Waals surface area contributed by atoms with Crippen LogP contribution in [0, 0.1) is 5.92 Å². The minimum atomic E-state index is 0.309. The number of aromatic amines is 1. The molecule has 0 bridgehead atoms. The fraction of sp³-hybridized carbons (Fsp3) is 0.500. The summed E-state index contributed by atoms with van der Waals surface area (Å²) in [6.07, 6.45) is 5.44. The highest BCUT2D eigenvalue weighted by molar-refractivity contribution is 5.88. The fourth-order valence-electron chi connectivity index (χ4n) is 4.02. The minimum Gasteiger partial charge on any atom is -0.396 e. The van der Waals surface area contributed by atoms with E-state index >= 15 is 0 Å². The van der Waals surface area contributed by atoms with Gasteiger partial charge in [-0.3, -0.25) is 0 Å². The smallest absolute Gasteiger partial charge is 0.0459 e. The average molecular weight is 256 g/mol. The van der Waals surface area contributed by atoms with Crippen molar-refractivity contribution in [2.24, 2.45) is 5.92 Å². The Morgan fingerprint density at radius 2 is 2.26 bits per heavy atom. The number of rotatable bonds is 2. The predicted octanol–water partition coefficient (Wildman–Crippen LogP) is 2.17. The number of fused-ring (bicyclic) bond motifs is 2. The van der Waals surface area contributed by atoms with Crippen molar-refractivity contribution in [2.75, 3.05) is 13.2 Å². The molecular formula is C16H20N2O. The topological polar surface area (TPSA) is 48.0 Å². The van der Waals surface area contributed by atoms with E-state index in [1.807, 2.05) is 0 Å². The van der Waals surface area contributed by atoms with E-state index in [4.69, 9.17) is 5.11 Å². The van der Waals surface area contributed by atoms with Crippen LogP contribution in [0.15, 0.2) is 24.4 Å². The highest BCUT2D eigenvalue weighted by Gasteiger charge is 2.35. The Morgan fingerprint density at radius 1 is 1.32 bits per heavy atom. The first-order valence-electron chi connectivity index (χ1n) is 7.30. The second kappa shape index (κ2) is 4.36. The lowest BCUT2D eigenvalue weighted by molar-refractivity contribution is 0.205. The second-order valence-corrected chi connectivity index (χ2v) is 6.02. The van der Waals surface area contributed by atoms with Crippen molar-refractivity contribution in [3.63, 3.8) is 0 Å². The Kier molecular flexibility index (Phi) is 2.64. The van der Waals surface area contributed by atoms with Gasteiger partial charge in [0.1, 0.15) is 0 Å². The molecule has 4 rings (SSSR count). The molecule has 1 aromatic heterocycles. The highest BCUT2D eigenvalue weighted by atomic mass is 16.3. The van der Waals surface area contributed by atoms with Gasteiger partial charge >= 0.3 is 0 Å². The molecule has 0 radical (unpaired) electrons. The van der Waals surface area contributed by atoms with E-state index in [-0.39, 0.29) is 0 Å². The van der Waals surface area contributed by atoms with Crippen LogP contribution in [0.2, 0.25) is 0 Å². The van der Waals surface area contributed by atoms with Gasteiger partial charge in [0.2, 0.25) is 0 Å². The van der Waals surface area contributed by atoms with Gasteiger partial charge in [0.05, 0.1) is 0 Å². The van der Waals surface area contributed by atoms with Crippen molar-refractivity contribution >= 4 is 10.9 Å². The molecule has 0 saturated carbocycles. The van der Waals surface area contributed by atoms with E-state index in [0.717, 1.165) is 19.4 Å². The Bertz CT molecular complexity index is 604. The highest BCUT2D eigenvalue weighted by Crippen LogP contribution is 2.42. The molecule has 3 nitrogen and oxygen atoms in total. The molecule has 2 heterocycles. The maximum absolute atomic E-state index is 9.16. The molecule has 3 N–H and O–H groups in total. The molecule has 1 aliphatic heterocycles. The zero-order valence-corrected chi connectivity index (χ0v) is 11.0. The van der Waals surface area contributed by atoms with E-state index in [1.54, 1.807) is 0 Å². The lowest BCUT2D eigenvalue weighted by Gasteiger charge is -2.40. The molecule has 100 valence electrons.